The van der Waals surface area contributed by atoms with Gasteiger partial charge in [-0.05, 0) is 49.4 Å². The Labute approximate surface area is 116 Å². The third kappa shape index (κ3) is 3.97. The van der Waals surface area contributed by atoms with Gasteiger partial charge in [-0.15, -0.1) is 0 Å². The normalized spacial score (nSPS) is 19.1. The van der Waals surface area contributed by atoms with Crippen LogP contribution in [-0.4, -0.2) is 24.4 Å². The Morgan fingerprint density at radius 3 is 3.06 bits per heavy atom. The van der Waals surface area contributed by atoms with Crippen LogP contribution in [0.3, 0.4) is 0 Å². The second-order valence-corrected chi connectivity index (χ2v) is 5.39. The van der Waals surface area contributed by atoms with Crippen molar-refractivity contribution in [1.29, 1.82) is 0 Å². The minimum absolute atomic E-state index is 0.0215. The molecule has 1 saturated heterocycles. The van der Waals surface area contributed by atoms with E-state index in [0.717, 1.165) is 35.2 Å². The molecule has 1 heterocycles. The van der Waals surface area contributed by atoms with Crippen LogP contribution in [0.15, 0.2) is 22.7 Å². The van der Waals surface area contributed by atoms with Gasteiger partial charge in [-0.3, -0.25) is 0 Å². The monoisotopic (exact) mass is 314 g/mol. The van der Waals surface area contributed by atoms with Gasteiger partial charge in [0.05, 0.1) is 19.3 Å². The second kappa shape index (κ2) is 7.12. The molecule has 0 aliphatic carbocycles. The number of ether oxygens (including phenoxy) is 2. The lowest BCUT2D eigenvalue weighted by Crippen LogP contribution is -2.07. The molecule has 1 aliphatic heterocycles. The average Bonchev–Trinajstić information content (AvgIpc) is 2.89. The summed E-state index contributed by atoms with van der Waals surface area (Å²) in [4.78, 5) is 0. The van der Waals surface area contributed by atoms with E-state index in [1.165, 1.54) is 12.8 Å². The van der Waals surface area contributed by atoms with Gasteiger partial charge in [-0.25, -0.2) is 0 Å². The first-order valence-corrected chi connectivity index (χ1v) is 7.22. The molecule has 0 bridgehead atoms. The summed E-state index contributed by atoms with van der Waals surface area (Å²) in [6.07, 6.45) is 4.90. The van der Waals surface area contributed by atoms with E-state index in [1.807, 2.05) is 18.2 Å². The van der Waals surface area contributed by atoms with Crippen molar-refractivity contribution in [1.82, 2.24) is 0 Å². The molecule has 0 aromatic heterocycles. The molecule has 1 aliphatic rings. The molecule has 1 fully saturated rings. The summed E-state index contributed by atoms with van der Waals surface area (Å²) in [6.45, 7) is 1.64. The predicted octanol–water partition coefficient (Wildman–Crippen LogP) is 3.28. The highest BCUT2D eigenvalue weighted by atomic mass is 79.9. The maximum Gasteiger partial charge on any atom is 0.119 e. The van der Waals surface area contributed by atoms with Crippen molar-refractivity contribution in [2.45, 2.75) is 38.4 Å². The minimum atomic E-state index is 0.0215. The van der Waals surface area contributed by atoms with Gasteiger partial charge in [-0.2, -0.15) is 0 Å². The van der Waals surface area contributed by atoms with Gasteiger partial charge in [0.15, 0.2) is 0 Å². The summed E-state index contributed by atoms with van der Waals surface area (Å²) >= 11 is 3.39. The number of aliphatic hydroxyl groups excluding tert-OH is 1. The van der Waals surface area contributed by atoms with Crippen molar-refractivity contribution in [3.63, 3.8) is 0 Å². The van der Waals surface area contributed by atoms with E-state index >= 15 is 0 Å². The van der Waals surface area contributed by atoms with Gasteiger partial charge < -0.3 is 14.6 Å². The topological polar surface area (TPSA) is 38.7 Å². The molecule has 0 saturated carbocycles. The standard InChI is InChI=1S/C14H19BrO3/c15-14-6-5-13(9-11(14)10-16)18-8-2-4-12-3-1-7-17-12/h5-6,9,12,16H,1-4,7-8,10H2. The Morgan fingerprint density at radius 1 is 1.44 bits per heavy atom. The number of benzene rings is 1. The van der Waals surface area contributed by atoms with E-state index in [4.69, 9.17) is 14.6 Å². The molecule has 1 unspecified atom stereocenters. The van der Waals surface area contributed by atoms with Crippen molar-refractivity contribution in [2.24, 2.45) is 0 Å². The molecular formula is C14H19BrO3. The predicted molar refractivity (Wildman–Crippen MR) is 73.8 cm³/mol. The van der Waals surface area contributed by atoms with Gasteiger partial charge in [-0.1, -0.05) is 15.9 Å². The lowest BCUT2D eigenvalue weighted by Gasteiger charge is -2.11. The first kappa shape index (κ1) is 13.8. The highest BCUT2D eigenvalue weighted by Crippen LogP contribution is 2.23. The van der Waals surface area contributed by atoms with Crippen LogP contribution in [0.5, 0.6) is 5.75 Å². The fraction of sp³-hybridized carbons (Fsp3) is 0.571. The number of rotatable bonds is 6. The van der Waals surface area contributed by atoms with Crippen LogP contribution in [0.25, 0.3) is 0 Å². The molecule has 1 atom stereocenters. The Bertz CT molecular complexity index is 375. The van der Waals surface area contributed by atoms with E-state index in [1.54, 1.807) is 0 Å². The Hall–Kier alpha value is -0.580. The van der Waals surface area contributed by atoms with Gasteiger partial charge in [0.25, 0.3) is 0 Å². The molecule has 1 aromatic carbocycles. The smallest absolute Gasteiger partial charge is 0.119 e. The summed E-state index contributed by atoms with van der Waals surface area (Å²) < 4.78 is 12.2. The Morgan fingerprint density at radius 2 is 2.33 bits per heavy atom. The molecule has 100 valence electrons. The van der Waals surface area contributed by atoms with Crippen LogP contribution in [0, 0.1) is 0 Å². The summed E-state index contributed by atoms with van der Waals surface area (Å²) in [7, 11) is 0. The molecule has 18 heavy (non-hydrogen) atoms. The van der Waals surface area contributed by atoms with Crippen LogP contribution in [0.2, 0.25) is 0 Å². The molecule has 3 nitrogen and oxygen atoms in total. The van der Waals surface area contributed by atoms with Crippen molar-refractivity contribution in [3.05, 3.63) is 28.2 Å². The zero-order valence-corrected chi connectivity index (χ0v) is 12.0. The van der Waals surface area contributed by atoms with Crippen LogP contribution < -0.4 is 4.74 Å². The van der Waals surface area contributed by atoms with Gasteiger partial charge in [0, 0.05) is 11.1 Å². The Kier molecular flexibility index (Phi) is 5.47. The first-order chi connectivity index (χ1) is 8.79. The maximum absolute atomic E-state index is 9.16. The molecule has 0 radical (unpaired) electrons. The number of halogens is 1. The molecule has 1 aromatic rings. The molecular weight excluding hydrogens is 296 g/mol. The van der Waals surface area contributed by atoms with Crippen LogP contribution in [-0.2, 0) is 11.3 Å². The fourth-order valence-electron chi connectivity index (χ4n) is 2.14. The van der Waals surface area contributed by atoms with E-state index in [2.05, 4.69) is 15.9 Å². The van der Waals surface area contributed by atoms with Gasteiger partial charge in [0.2, 0.25) is 0 Å². The molecule has 2 rings (SSSR count). The van der Waals surface area contributed by atoms with Crippen LogP contribution in [0.4, 0.5) is 0 Å². The van der Waals surface area contributed by atoms with Crippen molar-refractivity contribution in [3.8, 4) is 5.75 Å². The minimum Gasteiger partial charge on any atom is -0.494 e. The quantitative estimate of drug-likeness (QED) is 0.819. The molecule has 1 N–H and O–H groups in total. The van der Waals surface area contributed by atoms with Crippen molar-refractivity contribution in [2.75, 3.05) is 13.2 Å². The zero-order valence-electron chi connectivity index (χ0n) is 10.4. The van der Waals surface area contributed by atoms with E-state index < -0.39 is 0 Å². The maximum atomic E-state index is 9.16. The summed E-state index contributed by atoms with van der Waals surface area (Å²) in [5, 5.41) is 9.16. The average molecular weight is 315 g/mol. The molecule has 0 amide bonds. The highest BCUT2D eigenvalue weighted by molar-refractivity contribution is 9.10. The summed E-state index contributed by atoms with van der Waals surface area (Å²) in [5.74, 6) is 0.814. The van der Waals surface area contributed by atoms with E-state index in [-0.39, 0.29) is 6.61 Å². The lowest BCUT2D eigenvalue weighted by molar-refractivity contribution is 0.0981. The third-order valence-electron chi connectivity index (χ3n) is 3.15. The molecule has 0 spiro atoms. The van der Waals surface area contributed by atoms with Gasteiger partial charge >= 0.3 is 0 Å². The number of hydrogen-bond acceptors (Lipinski definition) is 3. The molecule has 4 heteroatoms. The van der Waals surface area contributed by atoms with E-state index in [0.29, 0.717) is 12.7 Å². The first-order valence-electron chi connectivity index (χ1n) is 6.43. The van der Waals surface area contributed by atoms with Crippen LogP contribution >= 0.6 is 15.9 Å². The lowest BCUT2D eigenvalue weighted by atomic mass is 10.1. The fourth-order valence-corrected chi connectivity index (χ4v) is 2.51. The van der Waals surface area contributed by atoms with E-state index in [9.17, 15) is 0 Å². The third-order valence-corrected chi connectivity index (χ3v) is 3.92. The number of hydrogen-bond donors (Lipinski definition) is 1. The number of aliphatic hydroxyl groups is 1. The SMILES string of the molecule is OCc1cc(OCCCC2CCCO2)ccc1Br. The van der Waals surface area contributed by atoms with Gasteiger partial charge in [0.1, 0.15) is 5.75 Å². The Balaban J connectivity index is 1.72. The van der Waals surface area contributed by atoms with Crippen molar-refractivity contribution < 1.29 is 14.6 Å². The summed E-state index contributed by atoms with van der Waals surface area (Å²) in [6, 6.07) is 5.69. The largest absolute Gasteiger partial charge is 0.494 e. The second-order valence-electron chi connectivity index (χ2n) is 4.54. The summed E-state index contributed by atoms with van der Waals surface area (Å²) in [5.41, 5.74) is 0.853. The van der Waals surface area contributed by atoms with Crippen molar-refractivity contribution >= 4 is 15.9 Å². The van der Waals surface area contributed by atoms with Crippen LogP contribution in [0.1, 0.15) is 31.2 Å². The highest BCUT2D eigenvalue weighted by Gasteiger charge is 2.14. The zero-order chi connectivity index (χ0) is 12.8.